The van der Waals surface area contributed by atoms with Crippen molar-refractivity contribution in [3.05, 3.63) is 41.1 Å². The van der Waals surface area contributed by atoms with Gasteiger partial charge < -0.3 is 24.5 Å². The van der Waals surface area contributed by atoms with E-state index in [4.69, 9.17) is 13.9 Å². The number of guanidine groups is 1. The fourth-order valence-electron chi connectivity index (χ4n) is 2.43. The highest BCUT2D eigenvalue weighted by atomic mass is 16.5. The first-order valence-electron chi connectivity index (χ1n) is 9.32. The van der Waals surface area contributed by atoms with Crippen molar-refractivity contribution in [2.45, 2.75) is 47.2 Å². The normalized spacial score (nSPS) is 11.4. The lowest BCUT2D eigenvalue weighted by Crippen LogP contribution is -2.36. The average Bonchev–Trinajstić information content (AvgIpc) is 3.00. The summed E-state index contributed by atoms with van der Waals surface area (Å²) >= 11 is 0. The number of aryl methyl sites for hydroxylation is 2. The van der Waals surface area contributed by atoms with Crippen LogP contribution in [0.15, 0.2) is 27.6 Å². The highest BCUT2D eigenvalue weighted by molar-refractivity contribution is 5.79. The van der Waals surface area contributed by atoms with Crippen LogP contribution >= 0.6 is 0 Å². The third-order valence-electron chi connectivity index (χ3n) is 3.93. The van der Waals surface area contributed by atoms with Crippen LogP contribution in [0.1, 0.15) is 43.2 Å². The van der Waals surface area contributed by atoms with E-state index in [9.17, 15) is 0 Å². The van der Waals surface area contributed by atoms with Gasteiger partial charge in [-0.2, -0.15) is 0 Å². The Morgan fingerprint density at radius 3 is 2.63 bits per heavy atom. The van der Waals surface area contributed by atoms with Crippen LogP contribution in [0.4, 0.5) is 0 Å². The van der Waals surface area contributed by atoms with Crippen LogP contribution in [-0.2, 0) is 13.1 Å². The number of aromatic nitrogens is 1. The lowest BCUT2D eigenvalue weighted by Gasteiger charge is -2.12. The van der Waals surface area contributed by atoms with Crippen LogP contribution in [0.25, 0.3) is 0 Å². The molecule has 0 radical (unpaired) electrons. The molecule has 7 heteroatoms. The van der Waals surface area contributed by atoms with E-state index in [0.717, 1.165) is 41.5 Å². The fourth-order valence-corrected chi connectivity index (χ4v) is 2.43. The van der Waals surface area contributed by atoms with Crippen LogP contribution in [0.2, 0.25) is 0 Å². The smallest absolute Gasteiger partial charge is 0.214 e. The van der Waals surface area contributed by atoms with Crippen molar-refractivity contribution in [1.29, 1.82) is 0 Å². The minimum atomic E-state index is 0.480. The van der Waals surface area contributed by atoms with Gasteiger partial charge in [0.05, 0.1) is 32.5 Å². The van der Waals surface area contributed by atoms with Crippen LogP contribution in [-0.4, -0.2) is 31.2 Å². The third-order valence-corrected chi connectivity index (χ3v) is 3.93. The number of aliphatic imine (C=N–C) groups is 1. The maximum absolute atomic E-state index is 5.69. The Bertz CT molecular complexity index is 736. The van der Waals surface area contributed by atoms with Gasteiger partial charge in [-0.1, -0.05) is 13.0 Å². The number of oxazole rings is 1. The molecule has 0 bridgehead atoms. The number of benzene rings is 1. The lowest BCUT2D eigenvalue weighted by atomic mass is 10.2. The molecular weight excluding hydrogens is 344 g/mol. The Labute approximate surface area is 161 Å². The number of nitrogens with one attached hydrogen (secondary N) is 2. The van der Waals surface area contributed by atoms with E-state index in [2.05, 4.69) is 27.5 Å². The number of hydrogen-bond donors (Lipinski definition) is 2. The highest BCUT2D eigenvalue weighted by Crippen LogP contribution is 2.28. The molecule has 0 saturated carbocycles. The molecule has 1 aromatic carbocycles. The monoisotopic (exact) mass is 374 g/mol. The molecule has 0 fully saturated rings. The molecule has 148 valence electrons. The molecule has 27 heavy (non-hydrogen) atoms. The quantitative estimate of drug-likeness (QED) is 0.517. The number of hydrogen-bond acceptors (Lipinski definition) is 5. The van der Waals surface area contributed by atoms with Crippen molar-refractivity contribution in [1.82, 2.24) is 15.6 Å². The number of ether oxygens (including phenoxy) is 2. The zero-order valence-corrected chi connectivity index (χ0v) is 16.9. The summed E-state index contributed by atoms with van der Waals surface area (Å²) in [5.41, 5.74) is 1.95. The summed E-state index contributed by atoms with van der Waals surface area (Å²) in [4.78, 5) is 9.00. The predicted octanol–water partition coefficient (Wildman–Crippen LogP) is 3.34. The summed E-state index contributed by atoms with van der Waals surface area (Å²) in [6, 6.07) is 5.89. The van der Waals surface area contributed by atoms with E-state index < -0.39 is 0 Å². The minimum Gasteiger partial charge on any atom is -0.493 e. The summed E-state index contributed by atoms with van der Waals surface area (Å²) < 4.78 is 16.7. The lowest BCUT2D eigenvalue weighted by molar-refractivity contribution is 0.294. The zero-order valence-electron chi connectivity index (χ0n) is 16.9. The zero-order chi connectivity index (χ0) is 19.6. The van der Waals surface area contributed by atoms with Crippen molar-refractivity contribution < 1.29 is 13.9 Å². The molecule has 0 unspecified atom stereocenters. The van der Waals surface area contributed by atoms with Gasteiger partial charge >= 0.3 is 0 Å². The second kappa shape index (κ2) is 10.4. The second-order valence-electron chi connectivity index (χ2n) is 6.13. The van der Waals surface area contributed by atoms with Gasteiger partial charge in [0.15, 0.2) is 17.5 Å². The number of methoxy groups -OCH3 is 1. The first kappa shape index (κ1) is 20.6. The summed E-state index contributed by atoms with van der Waals surface area (Å²) in [6.45, 7) is 10.4. The molecule has 0 amide bonds. The molecule has 0 aliphatic heterocycles. The number of nitrogens with zero attached hydrogens (tertiary/aromatic N) is 2. The molecule has 7 nitrogen and oxygen atoms in total. The topological polar surface area (TPSA) is 80.9 Å². The molecule has 0 spiro atoms. The molecule has 1 heterocycles. The van der Waals surface area contributed by atoms with Crippen molar-refractivity contribution >= 4 is 5.96 Å². The van der Waals surface area contributed by atoms with E-state index in [-0.39, 0.29) is 0 Å². The molecule has 2 rings (SSSR count). The van der Waals surface area contributed by atoms with E-state index in [1.54, 1.807) is 7.11 Å². The minimum absolute atomic E-state index is 0.480. The van der Waals surface area contributed by atoms with Crippen LogP contribution in [0.5, 0.6) is 11.5 Å². The van der Waals surface area contributed by atoms with Gasteiger partial charge in [-0.3, -0.25) is 0 Å². The number of rotatable bonds is 9. The van der Waals surface area contributed by atoms with Crippen molar-refractivity contribution in [2.75, 3.05) is 20.3 Å². The Hall–Kier alpha value is -2.70. The Morgan fingerprint density at radius 2 is 2.00 bits per heavy atom. The Morgan fingerprint density at radius 1 is 1.19 bits per heavy atom. The largest absolute Gasteiger partial charge is 0.493 e. The molecule has 0 saturated heterocycles. The summed E-state index contributed by atoms with van der Waals surface area (Å²) in [6.07, 6.45) is 0.955. The van der Waals surface area contributed by atoms with Gasteiger partial charge in [-0.25, -0.2) is 9.98 Å². The molecule has 0 aliphatic carbocycles. The van der Waals surface area contributed by atoms with E-state index in [0.29, 0.717) is 31.5 Å². The average molecular weight is 374 g/mol. The van der Waals surface area contributed by atoms with E-state index >= 15 is 0 Å². The predicted molar refractivity (Wildman–Crippen MR) is 106 cm³/mol. The first-order valence-corrected chi connectivity index (χ1v) is 9.32. The van der Waals surface area contributed by atoms with Gasteiger partial charge in [-0.05, 0) is 44.9 Å². The van der Waals surface area contributed by atoms with Crippen LogP contribution in [0, 0.1) is 13.8 Å². The van der Waals surface area contributed by atoms with Gasteiger partial charge in [-0.15, -0.1) is 0 Å². The molecule has 1 aromatic heterocycles. The van der Waals surface area contributed by atoms with Crippen LogP contribution < -0.4 is 20.1 Å². The first-order chi connectivity index (χ1) is 13.1. The maximum atomic E-state index is 5.69. The highest BCUT2D eigenvalue weighted by Gasteiger charge is 2.08. The standard InChI is InChI=1S/C20H30N4O3/c1-6-10-26-17-9-8-16(11-18(17)25-5)12-22-20(21-7-2)23-13-19-24-14(3)15(4)27-19/h8-9,11H,6-7,10,12-13H2,1-5H3,(H2,21,22,23). The Balaban J connectivity index is 2.02. The van der Waals surface area contributed by atoms with Crippen molar-refractivity contribution in [3.63, 3.8) is 0 Å². The van der Waals surface area contributed by atoms with Crippen molar-refractivity contribution in [2.24, 2.45) is 4.99 Å². The van der Waals surface area contributed by atoms with Gasteiger partial charge in [0.2, 0.25) is 5.89 Å². The molecule has 2 N–H and O–H groups in total. The summed E-state index contributed by atoms with van der Waals surface area (Å²) in [7, 11) is 1.65. The van der Waals surface area contributed by atoms with E-state index in [1.165, 1.54) is 0 Å². The summed E-state index contributed by atoms with van der Waals surface area (Å²) in [5, 5.41) is 6.47. The molecule has 0 aliphatic rings. The SMILES string of the molecule is CCCOc1ccc(CN=C(NCC)NCc2nc(C)c(C)o2)cc1OC. The van der Waals surface area contributed by atoms with Crippen LogP contribution in [0.3, 0.4) is 0 Å². The third kappa shape index (κ3) is 6.20. The van der Waals surface area contributed by atoms with Gasteiger partial charge in [0.1, 0.15) is 5.76 Å². The second-order valence-corrected chi connectivity index (χ2v) is 6.13. The van der Waals surface area contributed by atoms with Gasteiger partial charge in [0.25, 0.3) is 0 Å². The maximum Gasteiger partial charge on any atom is 0.214 e. The van der Waals surface area contributed by atoms with Crippen molar-refractivity contribution in [3.8, 4) is 11.5 Å². The fraction of sp³-hybridized carbons (Fsp3) is 0.500. The molecule has 2 aromatic rings. The Kier molecular flexibility index (Phi) is 7.98. The van der Waals surface area contributed by atoms with E-state index in [1.807, 2.05) is 39.0 Å². The molecule has 0 atom stereocenters. The summed E-state index contributed by atoms with van der Waals surface area (Å²) in [5.74, 6) is 3.67. The van der Waals surface area contributed by atoms with Gasteiger partial charge in [0, 0.05) is 6.54 Å². The molecular formula is C20H30N4O3.